The van der Waals surface area contributed by atoms with Crippen LogP contribution >= 0.6 is 11.8 Å². The lowest BCUT2D eigenvalue weighted by molar-refractivity contribution is 0.0783. The number of rotatable bonds is 7. The molecule has 0 N–H and O–H groups in total. The van der Waals surface area contributed by atoms with E-state index in [0.29, 0.717) is 12.8 Å². The summed E-state index contributed by atoms with van der Waals surface area (Å²) in [6.45, 7) is 10.6. The van der Waals surface area contributed by atoms with Gasteiger partial charge in [-0.25, -0.2) is 4.68 Å². The second kappa shape index (κ2) is 6.91. The van der Waals surface area contributed by atoms with Crippen LogP contribution in [0, 0.1) is 0 Å². The molecule has 0 radical (unpaired) electrons. The van der Waals surface area contributed by atoms with E-state index in [1.54, 1.807) is 0 Å². The molecule has 1 atom stereocenters. The molecule has 20 heavy (non-hydrogen) atoms. The van der Waals surface area contributed by atoms with Crippen molar-refractivity contribution in [1.82, 2.24) is 9.78 Å². The predicted octanol–water partition coefficient (Wildman–Crippen LogP) is 3.27. The van der Waals surface area contributed by atoms with E-state index in [2.05, 4.69) is 42.7 Å². The highest BCUT2D eigenvalue weighted by Crippen LogP contribution is 2.20. The Labute approximate surface area is 127 Å². The minimum absolute atomic E-state index is 0.460. The second-order valence-corrected chi connectivity index (χ2v) is 13.3. The highest BCUT2D eigenvalue weighted by atomic mass is 32.2. The van der Waals surface area contributed by atoms with E-state index in [9.17, 15) is 0 Å². The molecule has 4 nitrogen and oxygen atoms in total. The van der Waals surface area contributed by atoms with Gasteiger partial charge in [-0.1, -0.05) is 19.6 Å². The van der Waals surface area contributed by atoms with Gasteiger partial charge in [-0.15, -0.1) is 11.8 Å². The van der Waals surface area contributed by atoms with E-state index in [4.69, 9.17) is 4.74 Å². The van der Waals surface area contributed by atoms with Gasteiger partial charge in [-0.3, -0.25) is 4.99 Å². The van der Waals surface area contributed by atoms with Crippen LogP contribution in [0.5, 0.6) is 0 Å². The van der Waals surface area contributed by atoms with Crippen LogP contribution in [-0.2, 0) is 17.9 Å². The third-order valence-electron chi connectivity index (χ3n) is 3.10. The number of hydrogen-bond acceptors (Lipinski definition) is 4. The first-order chi connectivity index (χ1) is 9.42. The average molecular weight is 312 g/mol. The molecule has 1 unspecified atom stereocenters. The monoisotopic (exact) mass is 311 g/mol. The summed E-state index contributed by atoms with van der Waals surface area (Å²) in [6.07, 6.45) is 2.85. The molecule has 2 heterocycles. The summed E-state index contributed by atoms with van der Waals surface area (Å²) in [5, 5.41) is 5.75. The average Bonchev–Trinajstić information content (AvgIpc) is 2.94. The van der Waals surface area contributed by atoms with Gasteiger partial charge >= 0.3 is 0 Å². The van der Waals surface area contributed by atoms with E-state index in [1.165, 1.54) is 11.1 Å². The zero-order valence-electron chi connectivity index (χ0n) is 12.9. The molecule has 0 fully saturated rings. The van der Waals surface area contributed by atoms with Gasteiger partial charge in [-0.05, 0) is 19.0 Å². The van der Waals surface area contributed by atoms with Crippen molar-refractivity contribution in [2.45, 2.75) is 51.8 Å². The minimum Gasteiger partial charge on any atom is -0.360 e. The Balaban J connectivity index is 1.74. The molecule has 0 spiro atoms. The molecular formula is C14H25N3OSSi. The van der Waals surface area contributed by atoms with E-state index >= 15 is 0 Å². The van der Waals surface area contributed by atoms with Gasteiger partial charge in [0.15, 0.2) is 0 Å². The summed E-state index contributed by atoms with van der Waals surface area (Å²) in [5.41, 5.74) is 1.08. The highest BCUT2D eigenvalue weighted by molar-refractivity contribution is 8.14. The summed E-state index contributed by atoms with van der Waals surface area (Å²) < 4.78 is 7.57. The van der Waals surface area contributed by atoms with Crippen molar-refractivity contribution >= 4 is 24.9 Å². The van der Waals surface area contributed by atoms with Crippen LogP contribution in [-0.4, -0.2) is 41.3 Å². The molecule has 0 aliphatic carbocycles. The number of aromatic nitrogens is 2. The van der Waals surface area contributed by atoms with Gasteiger partial charge in [0.05, 0.1) is 16.8 Å². The Morgan fingerprint density at radius 1 is 1.45 bits per heavy atom. The minimum atomic E-state index is -0.995. The maximum Gasteiger partial charge on any atom is 0.139 e. The molecule has 0 saturated heterocycles. The third kappa shape index (κ3) is 5.42. The molecule has 1 aromatic heterocycles. The Kier molecular flexibility index (Phi) is 5.46. The predicted molar refractivity (Wildman–Crippen MR) is 89.4 cm³/mol. The van der Waals surface area contributed by atoms with Crippen LogP contribution in [0.2, 0.25) is 25.7 Å². The second-order valence-electron chi connectivity index (χ2n) is 6.55. The van der Waals surface area contributed by atoms with Crippen molar-refractivity contribution in [3.63, 3.8) is 0 Å². The molecule has 2 rings (SSSR count). The summed E-state index contributed by atoms with van der Waals surface area (Å²) >= 11 is 1.85. The van der Waals surface area contributed by atoms with Gasteiger partial charge in [0.1, 0.15) is 6.73 Å². The zero-order chi connectivity index (χ0) is 14.6. The quantitative estimate of drug-likeness (QED) is 0.573. The maximum absolute atomic E-state index is 5.70. The van der Waals surface area contributed by atoms with Crippen molar-refractivity contribution in [2.24, 2.45) is 4.99 Å². The van der Waals surface area contributed by atoms with Crippen LogP contribution in [0.15, 0.2) is 17.3 Å². The summed E-state index contributed by atoms with van der Waals surface area (Å²) in [6, 6.07) is 3.72. The lowest BCUT2D eigenvalue weighted by Gasteiger charge is -2.15. The Morgan fingerprint density at radius 3 is 2.90 bits per heavy atom. The SMILES string of the molecule is CC1CSC(Cc2ccn(COCC[Si](C)(C)C)n2)=N1. The van der Waals surface area contributed by atoms with Crippen molar-refractivity contribution in [3.05, 3.63) is 18.0 Å². The number of thioether (sulfide) groups is 1. The van der Waals surface area contributed by atoms with Crippen LogP contribution < -0.4 is 0 Å². The summed E-state index contributed by atoms with van der Waals surface area (Å²) in [7, 11) is -0.995. The van der Waals surface area contributed by atoms with Crippen LogP contribution in [0.1, 0.15) is 12.6 Å². The fourth-order valence-electron chi connectivity index (χ4n) is 1.90. The van der Waals surface area contributed by atoms with Crippen molar-refractivity contribution in [1.29, 1.82) is 0 Å². The van der Waals surface area contributed by atoms with Crippen LogP contribution in [0.3, 0.4) is 0 Å². The first kappa shape index (κ1) is 15.8. The molecule has 1 aliphatic heterocycles. The van der Waals surface area contributed by atoms with E-state index in [0.717, 1.165) is 24.5 Å². The van der Waals surface area contributed by atoms with E-state index < -0.39 is 8.07 Å². The Bertz CT molecular complexity index is 467. The number of ether oxygens (including phenoxy) is 1. The van der Waals surface area contributed by atoms with Gasteiger partial charge in [0, 0.05) is 33.1 Å². The molecule has 6 heteroatoms. The maximum atomic E-state index is 5.70. The molecule has 112 valence electrons. The van der Waals surface area contributed by atoms with Crippen molar-refractivity contribution in [2.75, 3.05) is 12.4 Å². The Morgan fingerprint density at radius 2 is 2.25 bits per heavy atom. The molecule has 0 aromatic carbocycles. The van der Waals surface area contributed by atoms with Crippen molar-refractivity contribution in [3.8, 4) is 0 Å². The van der Waals surface area contributed by atoms with Gasteiger partial charge in [0.25, 0.3) is 0 Å². The standard InChI is InChI=1S/C14H25N3OSSi/c1-12-10-19-14(15-12)9-13-5-6-17(16-13)11-18-7-8-20(2,3)4/h5-6,12H,7-11H2,1-4H3. The molecular weight excluding hydrogens is 286 g/mol. The third-order valence-corrected chi connectivity index (χ3v) is 6.04. The van der Waals surface area contributed by atoms with Gasteiger partial charge in [-0.2, -0.15) is 5.10 Å². The lowest BCUT2D eigenvalue weighted by Crippen LogP contribution is -2.22. The zero-order valence-corrected chi connectivity index (χ0v) is 14.7. The fraction of sp³-hybridized carbons (Fsp3) is 0.714. The first-order valence-electron chi connectivity index (χ1n) is 7.22. The van der Waals surface area contributed by atoms with E-state index in [-0.39, 0.29) is 0 Å². The summed E-state index contributed by atoms with van der Waals surface area (Å²) in [4.78, 5) is 4.60. The molecule has 0 saturated carbocycles. The molecule has 0 amide bonds. The van der Waals surface area contributed by atoms with Gasteiger partial charge in [0.2, 0.25) is 0 Å². The fourth-order valence-corrected chi connectivity index (χ4v) is 3.66. The molecule has 1 aliphatic rings. The number of aliphatic imine (C=N–C) groups is 1. The summed E-state index contributed by atoms with van der Waals surface area (Å²) in [5.74, 6) is 1.11. The topological polar surface area (TPSA) is 39.4 Å². The molecule has 1 aromatic rings. The van der Waals surface area contributed by atoms with Crippen molar-refractivity contribution < 1.29 is 4.74 Å². The number of nitrogens with zero attached hydrogens (tertiary/aromatic N) is 3. The van der Waals surface area contributed by atoms with Gasteiger partial charge < -0.3 is 4.74 Å². The largest absolute Gasteiger partial charge is 0.360 e. The molecule has 0 bridgehead atoms. The highest BCUT2D eigenvalue weighted by Gasteiger charge is 2.15. The lowest BCUT2D eigenvalue weighted by atomic mass is 10.3. The normalized spacial score (nSPS) is 19.4. The van der Waals surface area contributed by atoms with Crippen LogP contribution in [0.25, 0.3) is 0 Å². The van der Waals surface area contributed by atoms with Crippen LogP contribution in [0.4, 0.5) is 0 Å². The Hall–Kier alpha value is -0.593. The number of hydrogen-bond donors (Lipinski definition) is 0. The smallest absolute Gasteiger partial charge is 0.139 e. The first-order valence-corrected chi connectivity index (χ1v) is 11.9. The van der Waals surface area contributed by atoms with E-state index in [1.807, 2.05) is 22.6 Å².